The lowest BCUT2D eigenvalue weighted by atomic mass is 9.99. The fourth-order valence-electron chi connectivity index (χ4n) is 1.60. The summed E-state index contributed by atoms with van der Waals surface area (Å²) >= 11 is 1.72. The van der Waals surface area contributed by atoms with E-state index in [-0.39, 0.29) is 5.60 Å². The van der Waals surface area contributed by atoms with Crippen LogP contribution in [0.5, 0.6) is 0 Å². The summed E-state index contributed by atoms with van der Waals surface area (Å²) in [5.74, 6) is 0. The molecule has 1 unspecified atom stereocenters. The zero-order valence-corrected chi connectivity index (χ0v) is 11.6. The number of hydrogen-bond donors (Lipinski definition) is 1. The van der Waals surface area contributed by atoms with Crippen LogP contribution in [0.15, 0.2) is 5.38 Å². The number of methoxy groups -OCH3 is 1. The number of nitrogens with zero attached hydrogens (tertiary/aromatic N) is 1. The van der Waals surface area contributed by atoms with Crippen LogP contribution in [0, 0.1) is 6.92 Å². The van der Waals surface area contributed by atoms with Crippen LogP contribution in [-0.2, 0) is 4.74 Å². The molecule has 4 heteroatoms. The van der Waals surface area contributed by atoms with E-state index >= 15 is 0 Å². The van der Waals surface area contributed by atoms with Crippen molar-refractivity contribution >= 4 is 11.3 Å². The van der Waals surface area contributed by atoms with Crippen LogP contribution in [0.4, 0.5) is 0 Å². The van der Waals surface area contributed by atoms with E-state index < -0.39 is 0 Å². The number of aryl methyl sites for hydroxylation is 1. The highest BCUT2D eigenvalue weighted by Crippen LogP contribution is 2.27. The van der Waals surface area contributed by atoms with Crippen LogP contribution in [0.25, 0.3) is 0 Å². The van der Waals surface area contributed by atoms with Gasteiger partial charge in [-0.2, -0.15) is 0 Å². The number of thiazole rings is 1. The Morgan fingerprint density at radius 3 is 2.69 bits per heavy atom. The minimum atomic E-state index is -0.119. The molecule has 92 valence electrons. The molecule has 0 bridgehead atoms. The third-order valence-corrected chi connectivity index (χ3v) is 3.71. The Balaban J connectivity index is 2.75. The summed E-state index contributed by atoms with van der Waals surface area (Å²) in [7, 11) is 1.76. The van der Waals surface area contributed by atoms with E-state index in [2.05, 4.69) is 36.5 Å². The molecule has 0 aliphatic heterocycles. The molecule has 0 amide bonds. The summed E-state index contributed by atoms with van der Waals surface area (Å²) in [5.41, 5.74) is 0.977. The molecule has 16 heavy (non-hydrogen) atoms. The Kier molecular flexibility index (Phi) is 4.89. The average molecular weight is 242 g/mol. The van der Waals surface area contributed by atoms with Crippen molar-refractivity contribution in [2.45, 2.75) is 45.8 Å². The maximum atomic E-state index is 5.48. The van der Waals surface area contributed by atoms with Crippen LogP contribution >= 0.6 is 11.3 Å². The fourth-order valence-corrected chi connectivity index (χ4v) is 2.47. The molecular weight excluding hydrogens is 220 g/mol. The Labute approximate surface area is 102 Å². The van der Waals surface area contributed by atoms with E-state index in [9.17, 15) is 0 Å². The first-order chi connectivity index (χ1) is 7.48. The zero-order valence-electron chi connectivity index (χ0n) is 10.8. The first kappa shape index (κ1) is 13.6. The lowest BCUT2D eigenvalue weighted by Crippen LogP contribution is -2.32. The van der Waals surface area contributed by atoms with Crippen molar-refractivity contribution in [3.63, 3.8) is 0 Å². The van der Waals surface area contributed by atoms with Gasteiger partial charge in [-0.05, 0) is 33.7 Å². The largest absolute Gasteiger partial charge is 0.379 e. The minimum Gasteiger partial charge on any atom is -0.379 e. The third kappa shape index (κ3) is 3.85. The maximum Gasteiger partial charge on any atom is 0.110 e. The second-order valence-corrected chi connectivity index (χ2v) is 5.50. The van der Waals surface area contributed by atoms with Crippen LogP contribution in [-0.4, -0.2) is 24.2 Å². The van der Waals surface area contributed by atoms with Gasteiger partial charge in [-0.15, -0.1) is 11.3 Å². The van der Waals surface area contributed by atoms with Crippen LogP contribution in [0.3, 0.4) is 0 Å². The van der Waals surface area contributed by atoms with Gasteiger partial charge in [0.2, 0.25) is 0 Å². The normalized spacial score (nSPS) is 14.1. The van der Waals surface area contributed by atoms with Crippen molar-refractivity contribution in [3.8, 4) is 0 Å². The summed E-state index contributed by atoms with van der Waals surface area (Å²) in [4.78, 5) is 4.55. The first-order valence-electron chi connectivity index (χ1n) is 5.69. The molecule has 0 spiro atoms. The van der Waals surface area contributed by atoms with Gasteiger partial charge in [-0.1, -0.05) is 6.92 Å². The standard InChI is InChI=1S/C12H22N2OS/c1-6-13-10(7-12(3,4)15-5)11-14-9(2)8-16-11/h8,10,13H,6-7H2,1-5H3. The lowest BCUT2D eigenvalue weighted by molar-refractivity contribution is 0.00695. The van der Waals surface area contributed by atoms with Crippen molar-refractivity contribution in [2.24, 2.45) is 0 Å². The highest BCUT2D eigenvalue weighted by molar-refractivity contribution is 7.09. The number of nitrogens with one attached hydrogen (secondary N) is 1. The van der Waals surface area contributed by atoms with Crippen LogP contribution < -0.4 is 5.32 Å². The van der Waals surface area contributed by atoms with Crippen LogP contribution in [0.1, 0.15) is 43.9 Å². The van der Waals surface area contributed by atoms with Gasteiger partial charge in [0.15, 0.2) is 0 Å². The van der Waals surface area contributed by atoms with Crippen molar-refractivity contribution in [3.05, 3.63) is 16.1 Å². The molecule has 0 aliphatic carbocycles. The maximum absolute atomic E-state index is 5.48. The zero-order chi connectivity index (χ0) is 12.2. The second kappa shape index (κ2) is 5.75. The Bertz CT molecular complexity index is 323. The predicted molar refractivity (Wildman–Crippen MR) is 69.0 cm³/mol. The predicted octanol–water partition coefficient (Wildman–Crippen LogP) is 2.92. The molecule has 1 aromatic rings. The molecule has 0 fully saturated rings. The molecule has 0 aromatic carbocycles. The SMILES string of the molecule is CCNC(CC(C)(C)OC)c1nc(C)cs1. The second-order valence-electron chi connectivity index (χ2n) is 4.61. The summed E-state index contributed by atoms with van der Waals surface area (Å²) in [6.45, 7) is 9.32. The number of aromatic nitrogens is 1. The van der Waals surface area contributed by atoms with Gasteiger partial charge in [0.1, 0.15) is 5.01 Å². The number of ether oxygens (including phenoxy) is 1. The smallest absolute Gasteiger partial charge is 0.110 e. The van der Waals surface area contributed by atoms with Crippen molar-refractivity contribution in [1.82, 2.24) is 10.3 Å². The lowest BCUT2D eigenvalue weighted by Gasteiger charge is -2.27. The third-order valence-electron chi connectivity index (χ3n) is 2.63. The molecule has 1 atom stereocenters. The molecule has 3 nitrogen and oxygen atoms in total. The monoisotopic (exact) mass is 242 g/mol. The molecule has 0 radical (unpaired) electrons. The molecule has 1 rings (SSSR count). The van der Waals surface area contributed by atoms with E-state index in [4.69, 9.17) is 4.74 Å². The number of hydrogen-bond acceptors (Lipinski definition) is 4. The first-order valence-corrected chi connectivity index (χ1v) is 6.57. The van der Waals surface area contributed by atoms with Crippen molar-refractivity contribution in [1.29, 1.82) is 0 Å². The molecular formula is C12H22N2OS. The summed E-state index contributed by atoms with van der Waals surface area (Å²) in [5, 5.41) is 6.72. The topological polar surface area (TPSA) is 34.1 Å². The van der Waals surface area contributed by atoms with Gasteiger partial charge in [0, 0.05) is 18.2 Å². The summed E-state index contributed by atoms with van der Waals surface area (Å²) < 4.78 is 5.48. The Morgan fingerprint density at radius 1 is 1.56 bits per heavy atom. The van der Waals surface area contributed by atoms with Gasteiger partial charge >= 0.3 is 0 Å². The molecule has 1 aromatic heterocycles. The van der Waals surface area contributed by atoms with Crippen molar-refractivity contribution < 1.29 is 4.74 Å². The van der Waals surface area contributed by atoms with Crippen LogP contribution in [0.2, 0.25) is 0 Å². The molecule has 1 N–H and O–H groups in total. The van der Waals surface area contributed by atoms with E-state index in [1.165, 1.54) is 0 Å². The Morgan fingerprint density at radius 2 is 2.25 bits per heavy atom. The van der Waals surface area contributed by atoms with Gasteiger partial charge < -0.3 is 10.1 Å². The quantitative estimate of drug-likeness (QED) is 0.833. The molecule has 0 saturated carbocycles. The fraction of sp³-hybridized carbons (Fsp3) is 0.750. The molecule has 0 saturated heterocycles. The van der Waals surface area contributed by atoms with Gasteiger partial charge in [0.25, 0.3) is 0 Å². The van der Waals surface area contributed by atoms with Gasteiger partial charge in [-0.3, -0.25) is 0 Å². The molecule has 0 aliphatic rings. The van der Waals surface area contributed by atoms with E-state index in [1.807, 2.05) is 6.92 Å². The van der Waals surface area contributed by atoms with Crippen molar-refractivity contribution in [2.75, 3.05) is 13.7 Å². The summed E-state index contributed by atoms with van der Waals surface area (Å²) in [6.07, 6.45) is 0.935. The highest BCUT2D eigenvalue weighted by Gasteiger charge is 2.25. The summed E-state index contributed by atoms with van der Waals surface area (Å²) in [6, 6.07) is 0.290. The molecule has 1 heterocycles. The minimum absolute atomic E-state index is 0.119. The van der Waals surface area contributed by atoms with E-state index in [1.54, 1.807) is 18.4 Å². The van der Waals surface area contributed by atoms with E-state index in [0.717, 1.165) is 23.7 Å². The Hall–Kier alpha value is -0.450. The average Bonchev–Trinajstić information content (AvgIpc) is 2.64. The number of rotatable bonds is 6. The van der Waals surface area contributed by atoms with Gasteiger partial charge in [0.05, 0.1) is 11.6 Å². The van der Waals surface area contributed by atoms with E-state index in [0.29, 0.717) is 6.04 Å². The van der Waals surface area contributed by atoms with Gasteiger partial charge in [-0.25, -0.2) is 4.98 Å². The highest BCUT2D eigenvalue weighted by atomic mass is 32.1.